The third-order valence-electron chi connectivity index (χ3n) is 9.61. The number of hydrogen-bond donors (Lipinski definition) is 0. The second-order valence-corrected chi connectivity index (χ2v) is 14.0. The van der Waals surface area contributed by atoms with E-state index >= 15 is 0 Å². The summed E-state index contributed by atoms with van der Waals surface area (Å²) in [4.78, 5) is 4.74. The number of ether oxygens (including phenoxy) is 1. The maximum atomic E-state index is 6.68. The summed E-state index contributed by atoms with van der Waals surface area (Å²) in [5.41, 5.74) is 14.1. The van der Waals surface area contributed by atoms with E-state index in [0.29, 0.717) is 11.5 Å². The zero-order valence-electron chi connectivity index (χ0n) is 30.9. The summed E-state index contributed by atoms with van der Waals surface area (Å²) in [6.07, 6.45) is 5.73. The van der Waals surface area contributed by atoms with Gasteiger partial charge in [0, 0.05) is 34.5 Å². The number of para-hydroxylation sites is 1. The fourth-order valence-corrected chi connectivity index (χ4v) is 7.43. The summed E-state index contributed by atoms with van der Waals surface area (Å²) in [5, 5.41) is 7.61. The van der Waals surface area contributed by atoms with Crippen molar-refractivity contribution in [3.8, 4) is 34.1 Å². The molecule has 51 heavy (non-hydrogen) atoms. The molecule has 3 heterocycles. The molecule has 0 spiro atoms. The van der Waals surface area contributed by atoms with Crippen LogP contribution in [-0.2, 0) is 33.3 Å². The van der Waals surface area contributed by atoms with Gasteiger partial charge >= 0.3 is 20.4 Å². The Morgan fingerprint density at radius 3 is 2.20 bits per heavy atom. The number of benzene rings is 4. The molecule has 0 radical (unpaired) electrons. The van der Waals surface area contributed by atoms with Gasteiger partial charge in [0.25, 0.3) is 0 Å². The summed E-state index contributed by atoms with van der Waals surface area (Å²) in [6.45, 7) is 17.7. The van der Waals surface area contributed by atoms with Crippen molar-refractivity contribution in [1.29, 1.82) is 0 Å². The molecule has 0 amide bonds. The van der Waals surface area contributed by atoms with Crippen LogP contribution in [0.25, 0.3) is 44.4 Å². The van der Waals surface area contributed by atoms with Gasteiger partial charge in [-0.15, -0.1) is 41.3 Å². The molecule has 7 rings (SSSR count). The van der Waals surface area contributed by atoms with Crippen LogP contribution in [0, 0.1) is 39.8 Å². The maximum absolute atomic E-state index is 6.68. The van der Waals surface area contributed by atoms with Crippen molar-refractivity contribution in [2.24, 2.45) is 0 Å². The van der Waals surface area contributed by atoms with Crippen LogP contribution >= 0.6 is 0 Å². The van der Waals surface area contributed by atoms with E-state index in [1.807, 2.05) is 18.3 Å². The van der Waals surface area contributed by atoms with Crippen LogP contribution in [0.15, 0.2) is 79.0 Å². The molecule has 0 bridgehead atoms. The van der Waals surface area contributed by atoms with E-state index in [-0.39, 0.29) is 26.3 Å². The number of hydrogen-bond acceptors (Lipinski definition) is 3. The van der Waals surface area contributed by atoms with Crippen molar-refractivity contribution in [1.82, 2.24) is 19.3 Å². The second kappa shape index (κ2) is 15.0. The quantitative estimate of drug-likeness (QED) is 0.103. The van der Waals surface area contributed by atoms with Crippen LogP contribution in [0.1, 0.15) is 85.7 Å². The van der Waals surface area contributed by atoms with Crippen LogP contribution in [-0.4, -0.2) is 19.3 Å². The van der Waals surface area contributed by atoms with E-state index in [4.69, 9.17) is 14.8 Å². The molecule has 4 aromatic carbocycles. The van der Waals surface area contributed by atoms with Gasteiger partial charge in [-0.2, -0.15) is 11.2 Å². The topological polar surface area (TPSA) is 44.9 Å². The summed E-state index contributed by atoms with van der Waals surface area (Å²) in [6, 6.07) is 32.9. The van der Waals surface area contributed by atoms with Crippen LogP contribution in [0.2, 0.25) is 0 Å². The molecule has 3 aromatic heterocycles. The number of pyridine rings is 1. The smallest absolute Gasteiger partial charge is 0.509 e. The zero-order valence-corrected chi connectivity index (χ0v) is 32.5. The molecular formula is C45H46N4OPd. The van der Waals surface area contributed by atoms with E-state index in [1.165, 1.54) is 39.1 Å². The van der Waals surface area contributed by atoms with Gasteiger partial charge in [-0.25, -0.2) is 4.98 Å². The Morgan fingerprint density at radius 2 is 1.49 bits per heavy atom. The van der Waals surface area contributed by atoms with Crippen molar-refractivity contribution in [3.63, 3.8) is 0 Å². The largest absolute Gasteiger partial charge is 2.00 e. The first-order valence-corrected chi connectivity index (χ1v) is 18.0. The van der Waals surface area contributed by atoms with Gasteiger partial charge in [-0.1, -0.05) is 81.9 Å². The Morgan fingerprint density at radius 1 is 0.745 bits per heavy atom. The molecule has 262 valence electrons. The average molecular weight is 765 g/mol. The minimum absolute atomic E-state index is 0. The zero-order chi connectivity index (χ0) is 35.1. The first-order chi connectivity index (χ1) is 24.2. The van der Waals surface area contributed by atoms with Crippen LogP contribution in [0.3, 0.4) is 0 Å². The Balaban J connectivity index is 0.00000448. The summed E-state index contributed by atoms with van der Waals surface area (Å²) >= 11 is 0. The van der Waals surface area contributed by atoms with Crippen molar-refractivity contribution >= 4 is 21.8 Å². The monoisotopic (exact) mass is 764 g/mol. The van der Waals surface area contributed by atoms with Crippen molar-refractivity contribution in [3.05, 3.63) is 130 Å². The van der Waals surface area contributed by atoms with Crippen LogP contribution < -0.4 is 4.74 Å². The predicted molar refractivity (Wildman–Crippen MR) is 206 cm³/mol. The minimum atomic E-state index is 0. The fraction of sp³-hybridized carbons (Fsp3) is 0.289. The van der Waals surface area contributed by atoms with Gasteiger partial charge in [0.15, 0.2) is 0 Å². The predicted octanol–water partition coefficient (Wildman–Crippen LogP) is 11.7. The summed E-state index contributed by atoms with van der Waals surface area (Å²) < 4.78 is 11.0. The Kier molecular flexibility index (Phi) is 10.7. The molecule has 0 N–H and O–H groups in total. The fourth-order valence-electron chi connectivity index (χ4n) is 7.43. The summed E-state index contributed by atoms with van der Waals surface area (Å²) in [5.74, 6) is 2.43. The van der Waals surface area contributed by atoms with E-state index in [2.05, 4.69) is 137 Å². The molecule has 0 unspecified atom stereocenters. The van der Waals surface area contributed by atoms with Gasteiger partial charge in [0.1, 0.15) is 5.82 Å². The third-order valence-corrected chi connectivity index (χ3v) is 9.61. The maximum Gasteiger partial charge on any atom is 2.00 e. The van der Waals surface area contributed by atoms with Gasteiger partial charge in [-0.05, 0) is 98.0 Å². The van der Waals surface area contributed by atoms with E-state index in [0.717, 1.165) is 70.3 Å². The van der Waals surface area contributed by atoms with Gasteiger partial charge in [-0.3, -0.25) is 4.68 Å². The first kappa shape index (κ1) is 36.3. The Labute approximate surface area is 316 Å². The molecule has 0 aliphatic rings. The first-order valence-electron chi connectivity index (χ1n) is 18.0. The van der Waals surface area contributed by atoms with E-state index in [9.17, 15) is 0 Å². The van der Waals surface area contributed by atoms with E-state index in [1.54, 1.807) is 0 Å². The number of aryl methyl sites for hydroxylation is 5. The van der Waals surface area contributed by atoms with Gasteiger partial charge in [0.05, 0.1) is 5.69 Å². The Hall–Kier alpha value is -4.50. The molecule has 7 aromatic rings. The third kappa shape index (κ3) is 6.93. The molecule has 0 fully saturated rings. The van der Waals surface area contributed by atoms with Crippen molar-refractivity contribution in [2.75, 3.05) is 0 Å². The second-order valence-electron chi connectivity index (χ2n) is 14.0. The molecule has 5 nitrogen and oxygen atoms in total. The van der Waals surface area contributed by atoms with Crippen LogP contribution in [0.4, 0.5) is 0 Å². The number of rotatable bonds is 10. The average Bonchev–Trinajstić information content (AvgIpc) is 3.59. The molecule has 6 heteroatoms. The SMILES string of the molecule is CCCc1nn(-c2[c-]c(Oc3[c-]c4c(cc3)c3ccccc3n4-c3cc(C)ccn3)cc(C(C)C)c2)c(CCC)c1-c1c(C)cc(C)cc1C.[Pd+2]. The summed E-state index contributed by atoms with van der Waals surface area (Å²) in [7, 11) is 0. The molecule has 0 saturated carbocycles. The Bertz CT molecular complexity index is 2340. The van der Waals surface area contributed by atoms with E-state index < -0.39 is 0 Å². The number of nitrogens with zero attached hydrogens (tertiary/aromatic N) is 4. The molecular weight excluding hydrogens is 719 g/mol. The van der Waals surface area contributed by atoms with Gasteiger partial charge < -0.3 is 9.30 Å². The molecule has 0 saturated heterocycles. The molecule has 0 aliphatic carbocycles. The number of fused-ring (bicyclic) bond motifs is 3. The van der Waals surface area contributed by atoms with Crippen molar-refractivity contribution in [2.45, 2.75) is 87.0 Å². The minimum Gasteiger partial charge on any atom is -0.509 e. The van der Waals surface area contributed by atoms with Crippen LogP contribution in [0.5, 0.6) is 11.5 Å². The van der Waals surface area contributed by atoms with Gasteiger partial charge in [0.2, 0.25) is 0 Å². The number of aromatic nitrogens is 4. The molecule has 0 aliphatic heterocycles. The molecule has 0 atom stereocenters. The van der Waals surface area contributed by atoms with Crippen molar-refractivity contribution < 1.29 is 25.2 Å². The normalized spacial score (nSPS) is 11.5. The standard InChI is InChI=1S/C45H46N4O.Pd/c1-9-13-39-45(44-31(7)21-30(6)22-32(44)8)41(14-10-2)49(47-39)34-24-33(28(3)4)25-36(26-34)50-35-17-18-38-37-15-11-12-16-40(37)48(42(38)27-35)43-23-29(5)19-20-46-43;/h11-12,15-25,28H,9-10,13-14H2,1-8H3;/q-2;+2.